The van der Waals surface area contributed by atoms with Gasteiger partial charge in [-0.1, -0.05) is 0 Å². The van der Waals surface area contributed by atoms with Crippen LogP contribution < -0.4 is 14.2 Å². The second kappa shape index (κ2) is 6.18. The van der Waals surface area contributed by atoms with Crippen LogP contribution in [0.25, 0.3) is 0 Å². The number of hydrogen-bond donors (Lipinski definition) is 1. The first-order valence-electron chi connectivity index (χ1n) is 6.07. The highest BCUT2D eigenvalue weighted by Gasteiger charge is 2.19. The molecule has 0 atom stereocenters. The highest BCUT2D eigenvalue weighted by Crippen LogP contribution is 2.30. The number of halogens is 2. The van der Waals surface area contributed by atoms with Gasteiger partial charge in [0.25, 0.3) is 10.0 Å². The maximum absolute atomic E-state index is 13.5. The Kier molecular flexibility index (Phi) is 4.51. The molecule has 0 aliphatic heterocycles. The molecule has 5 nitrogen and oxygen atoms in total. The van der Waals surface area contributed by atoms with E-state index in [0.717, 1.165) is 18.2 Å². The van der Waals surface area contributed by atoms with Crippen LogP contribution in [0.1, 0.15) is 0 Å². The molecule has 2 rings (SSSR count). The molecule has 0 spiro atoms. The second-order valence-electron chi connectivity index (χ2n) is 4.25. The zero-order valence-electron chi connectivity index (χ0n) is 11.8. The lowest BCUT2D eigenvalue weighted by Crippen LogP contribution is -2.14. The molecule has 0 saturated heterocycles. The van der Waals surface area contributed by atoms with Crippen LogP contribution in [-0.4, -0.2) is 22.6 Å². The number of ether oxygens (including phenoxy) is 2. The first-order valence-corrected chi connectivity index (χ1v) is 7.55. The molecule has 118 valence electrons. The van der Waals surface area contributed by atoms with Gasteiger partial charge in [0.15, 0.2) is 11.5 Å². The average molecular weight is 329 g/mol. The van der Waals surface area contributed by atoms with E-state index < -0.39 is 27.3 Å². The molecule has 0 aromatic heterocycles. The first-order chi connectivity index (χ1) is 10.4. The molecule has 0 saturated carbocycles. The zero-order valence-corrected chi connectivity index (χ0v) is 12.6. The SMILES string of the molecule is COc1ccc(S(=O)(=O)Nc2cc(F)ccc2F)cc1OC. The lowest BCUT2D eigenvalue weighted by Gasteiger charge is -2.12. The summed E-state index contributed by atoms with van der Waals surface area (Å²) in [5.74, 6) is -1.10. The Hall–Kier alpha value is -2.35. The summed E-state index contributed by atoms with van der Waals surface area (Å²) < 4.78 is 63.1. The summed E-state index contributed by atoms with van der Waals surface area (Å²) in [6.07, 6.45) is 0. The first kappa shape index (κ1) is 16.0. The number of hydrogen-bond acceptors (Lipinski definition) is 4. The van der Waals surface area contributed by atoms with Crippen LogP contribution >= 0.6 is 0 Å². The Balaban J connectivity index is 2.40. The standard InChI is InChI=1S/C14H13F2NO4S/c1-20-13-6-4-10(8-14(13)21-2)22(18,19)17-12-7-9(15)3-5-11(12)16/h3-8,17H,1-2H3. The van der Waals surface area contributed by atoms with Crippen LogP contribution in [0, 0.1) is 11.6 Å². The summed E-state index contributed by atoms with van der Waals surface area (Å²) >= 11 is 0. The van der Waals surface area contributed by atoms with E-state index in [0.29, 0.717) is 5.75 Å². The summed E-state index contributed by atoms with van der Waals surface area (Å²) in [7, 11) is -1.34. The van der Waals surface area contributed by atoms with E-state index >= 15 is 0 Å². The minimum Gasteiger partial charge on any atom is -0.493 e. The molecule has 0 heterocycles. The van der Waals surface area contributed by atoms with Crippen molar-refractivity contribution in [1.29, 1.82) is 0 Å². The van der Waals surface area contributed by atoms with Crippen LogP contribution in [0.15, 0.2) is 41.3 Å². The third-order valence-electron chi connectivity index (χ3n) is 2.84. The monoisotopic (exact) mass is 329 g/mol. The van der Waals surface area contributed by atoms with Gasteiger partial charge in [-0.05, 0) is 24.3 Å². The van der Waals surface area contributed by atoms with Gasteiger partial charge in [-0.15, -0.1) is 0 Å². The van der Waals surface area contributed by atoms with Gasteiger partial charge in [0.2, 0.25) is 0 Å². The van der Waals surface area contributed by atoms with Crippen LogP contribution in [-0.2, 0) is 10.0 Å². The highest BCUT2D eigenvalue weighted by atomic mass is 32.2. The molecule has 0 amide bonds. The highest BCUT2D eigenvalue weighted by molar-refractivity contribution is 7.92. The normalized spacial score (nSPS) is 11.1. The lowest BCUT2D eigenvalue weighted by atomic mass is 10.3. The van der Waals surface area contributed by atoms with Crippen molar-refractivity contribution < 1.29 is 26.7 Å². The van der Waals surface area contributed by atoms with E-state index in [1.807, 2.05) is 4.72 Å². The van der Waals surface area contributed by atoms with E-state index in [-0.39, 0.29) is 10.6 Å². The van der Waals surface area contributed by atoms with E-state index in [9.17, 15) is 17.2 Å². The molecule has 0 aliphatic carbocycles. The van der Waals surface area contributed by atoms with Crippen molar-refractivity contribution >= 4 is 15.7 Å². The molecule has 2 aromatic carbocycles. The van der Waals surface area contributed by atoms with Crippen molar-refractivity contribution in [3.63, 3.8) is 0 Å². The predicted molar refractivity (Wildman–Crippen MR) is 76.7 cm³/mol. The van der Waals surface area contributed by atoms with Crippen LogP contribution in [0.4, 0.5) is 14.5 Å². The molecule has 0 fully saturated rings. The van der Waals surface area contributed by atoms with Crippen LogP contribution in [0.5, 0.6) is 11.5 Å². The van der Waals surface area contributed by atoms with Gasteiger partial charge < -0.3 is 9.47 Å². The molecule has 2 aromatic rings. The summed E-state index contributed by atoms with van der Waals surface area (Å²) in [5.41, 5.74) is -0.477. The Morgan fingerprint density at radius 1 is 0.955 bits per heavy atom. The van der Waals surface area contributed by atoms with Gasteiger partial charge in [-0.2, -0.15) is 0 Å². The molecule has 0 radical (unpaired) electrons. The maximum Gasteiger partial charge on any atom is 0.262 e. The van der Waals surface area contributed by atoms with Crippen molar-refractivity contribution in [2.75, 3.05) is 18.9 Å². The summed E-state index contributed by atoms with van der Waals surface area (Å²) in [5, 5.41) is 0. The van der Waals surface area contributed by atoms with Gasteiger partial charge >= 0.3 is 0 Å². The van der Waals surface area contributed by atoms with Crippen molar-refractivity contribution in [2.45, 2.75) is 4.90 Å². The third kappa shape index (κ3) is 3.28. The molecule has 1 N–H and O–H groups in total. The van der Waals surface area contributed by atoms with E-state index in [1.165, 1.54) is 32.4 Å². The van der Waals surface area contributed by atoms with E-state index in [2.05, 4.69) is 0 Å². The zero-order chi connectivity index (χ0) is 16.3. The topological polar surface area (TPSA) is 64.6 Å². The number of nitrogens with one attached hydrogen (secondary N) is 1. The Morgan fingerprint density at radius 3 is 2.27 bits per heavy atom. The van der Waals surface area contributed by atoms with Gasteiger partial charge in [-0.25, -0.2) is 17.2 Å². The summed E-state index contributed by atoms with van der Waals surface area (Å²) in [4.78, 5) is -0.172. The van der Waals surface area contributed by atoms with Gasteiger partial charge in [0.05, 0.1) is 24.8 Å². The van der Waals surface area contributed by atoms with Gasteiger partial charge in [0, 0.05) is 12.1 Å². The minimum absolute atomic E-state index is 0.172. The van der Waals surface area contributed by atoms with Crippen molar-refractivity contribution in [2.24, 2.45) is 0 Å². The number of anilines is 1. The minimum atomic E-state index is -4.10. The summed E-state index contributed by atoms with van der Waals surface area (Å²) in [6.45, 7) is 0. The van der Waals surface area contributed by atoms with Crippen molar-refractivity contribution in [3.8, 4) is 11.5 Å². The average Bonchev–Trinajstić information content (AvgIpc) is 2.49. The van der Waals surface area contributed by atoms with Gasteiger partial charge in [0.1, 0.15) is 11.6 Å². The molecule has 0 bridgehead atoms. The summed E-state index contributed by atoms with van der Waals surface area (Å²) in [6, 6.07) is 6.37. The number of methoxy groups -OCH3 is 2. The van der Waals surface area contributed by atoms with Crippen LogP contribution in [0.2, 0.25) is 0 Å². The number of benzene rings is 2. The van der Waals surface area contributed by atoms with Crippen molar-refractivity contribution in [1.82, 2.24) is 0 Å². The Bertz CT molecular complexity index is 793. The maximum atomic E-state index is 13.5. The van der Waals surface area contributed by atoms with Gasteiger partial charge in [-0.3, -0.25) is 4.72 Å². The molecule has 8 heteroatoms. The van der Waals surface area contributed by atoms with Crippen LogP contribution in [0.3, 0.4) is 0 Å². The number of rotatable bonds is 5. The fraction of sp³-hybridized carbons (Fsp3) is 0.143. The molecule has 0 unspecified atom stereocenters. The third-order valence-corrected chi connectivity index (χ3v) is 4.20. The largest absolute Gasteiger partial charge is 0.493 e. The van der Waals surface area contributed by atoms with E-state index in [4.69, 9.17) is 9.47 Å². The van der Waals surface area contributed by atoms with E-state index in [1.54, 1.807) is 0 Å². The fourth-order valence-corrected chi connectivity index (χ4v) is 2.84. The Labute approximate surface area is 126 Å². The molecular weight excluding hydrogens is 316 g/mol. The predicted octanol–water partition coefficient (Wildman–Crippen LogP) is 2.78. The smallest absolute Gasteiger partial charge is 0.262 e. The Morgan fingerprint density at radius 2 is 1.64 bits per heavy atom. The molecular formula is C14H13F2NO4S. The fourth-order valence-electron chi connectivity index (χ4n) is 1.76. The quantitative estimate of drug-likeness (QED) is 0.916. The number of sulfonamides is 1. The lowest BCUT2D eigenvalue weighted by molar-refractivity contribution is 0.354. The molecule has 22 heavy (non-hydrogen) atoms. The van der Waals surface area contributed by atoms with Crippen molar-refractivity contribution in [3.05, 3.63) is 48.0 Å². The molecule has 0 aliphatic rings. The second-order valence-corrected chi connectivity index (χ2v) is 5.93.